The Morgan fingerprint density at radius 3 is 2.85 bits per heavy atom. The number of urea groups is 1. The van der Waals surface area contributed by atoms with Crippen LogP contribution in [0.5, 0.6) is 0 Å². The molecule has 3 heterocycles. The monoisotopic (exact) mass is 416 g/mol. The van der Waals surface area contributed by atoms with E-state index in [1.807, 2.05) is 37.3 Å². The van der Waals surface area contributed by atoms with Crippen LogP contribution in [0.2, 0.25) is 5.28 Å². The Kier molecular flexibility index (Phi) is 4.97. The van der Waals surface area contributed by atoms with Crippen LogP contribution in [0.15, 0.2) is 36.5 Å². The third-order valence-electron chi connectivity index (χ3n) is 3.64. The van der Waals surface area contributed by atoms with E-state index in [2.05, 4.69) is 30.0 Å². The van der Waals surface area contributed by atoms with Crippen molar-refractivity contribution in [2.75, 3.05) is 11.9 Å². The Labute approximate surface area is 167 Å². The van der Waals surface area contributed by atoms with Gasteiger partial charge in [-0.25, -0.2) is 14.8 Å². The molecule has 0 bridgehead atoms. The van der Waals surface area contributed by atoms with Gasteiger partial charge in [0.05, 0.1) is 15.9 Å². The molecule has 0 spiro atoms. The zero-order valence-electron chi connectivity index (χ0n) is 14.1. The van der Waals surface area contributed by atoms with E-state index in [1.54, 1.807) is 6.20 Å². The van der Waals surface area contributed by atoms with Gasteiger partial charge in [-0.3, -0.25) is 10.3 Å². The topological polar surface area (TPSA) is 92.7 Å². The van der Waals surface area contributed by atoms with Gasteiger partial charge in [0.2, 0.25) is 5.28 Å². The summed E-state index contributed by atoms with van der Waals surface area (Å²) in [7, 11) is 0. The zero-order valence-corrected chi connectivity index (χ0v) is 16.5. The van der Waals surface area contributed by atoms with Crippen molar-refractivity contribution in [3.8, 4) is 21.8 Å². The van der Waals surface area contributed by atoms with E-state index in [9.17, 15) is 4.79 Å². The predicted molar refractivity (Wildman–Crippen MR) is 109 cm³/mol. The molecular formula is C17H13ClN6OS2. The predicted octanol–water partition coefficient (Wildman–Crippen LogP) is 4.67. The number of hydrogen-bond acceptors (Lipinski definition) is 7. The van der Waals surface area contributed by atoms with Crippen molar-refractivity contribution in [1.29, 1.82) is 0 Å². The molecule has 0 aliphatic carbocycles. The second kappa shape index (κ2) is 7.55. The van der Waals surface area contributed by atoms with E-state index in [-0.39, 0.29) is 11.3 Å². The van der Waals surface area contributed by atoms with E-state index >= 15 is 0 Å². The van der Waals surface area contributed by atoms with E-state index in [0.29, 0.717) is 16.7 Å². The molecule has 4 aromatic rings. The SMILES string of the molecule is CCNC(=O)Nc1nc2cc(-c3nc(Cl)ns3)cc(-c3ccccn3)c2s1. The fraction of sp³-hybridized carbons (Fsp3) is 0.118. The number of halogens is 1. The fourth-order valence-corrected chi connectivity index (χ4v) is 4.30. The summed E-state index contributed by atoms with van der Waals surface area (Å²) in [5, 5.41) is 6.89. The van der Waals surface area contributed by atoms with Crippen molar-refractivity contribution in [3.05, 3.63) is 41.8 Å². The number of hydrogen-bond donors (Lipinski definition) is 2. The van der Waals surface area contributed by atoms with Gasteiger partial charge in [0.15, 0.2) is 5.13 Å². The van der Waals surface area contributed by atoms with E-state index in [4.69, 9.17) is 11.6 Å². The highest BCUT2D eigenvalue weighted by atomic mass is 35.5. The molecule has 1 aromatic carbocycles. The molecule has 7 nitrogen and oxygen atoms in total. The van der Waals surface area contributed by atoms with Crippen molar-refractivity contribution < 1.29 is 4.79 Å². The normalized spacial score (nSPS) is 10.9. The Balaban J connectivity index is 1.86. The Morgan fingerprint density at radius 1 is 1.26 bits per heavy atom. The first kappa shape index (κ1) is 17.8. The largest absolute Gasteiger partial charge is 0.338 e. The van der Waals surface area contributed by atoms with Crippen LogP contribution in [0.1, 0.15) is 6.92 Å². The van der Waals surface area contributed by atoms with Crippen LogP contribution < -0.4 is 10.6 Å². The summed E-state index contributed by atoms with van der Waals surface area (Å²) >= 11 is 8.51. The summed E-state index contributed by atoms with van der Waals surface area (Å²) < 4.78 is 4.97. The molecule has 0 aliphatic rings. The third-order valence-corrected chi connectivity index (χ3v) is 5.69. The van der Waals surface area contributed by atoms with Gasteiger partial charge in [-0.15, -0.1) is 0 Å². The number of rotatable bonds is 4. The molecule has 10 heteroatoms. The zero-order chi connectivity index (χ0) is 18.8. The molecule has 0 unspecified atom stereocenters. The number of nitrogens with one attached hydrogen (secondary N) is 2. The van der Waals surface area contributed by atoms with Gasteiger partial charge < -0.3 is 5.32 Å². The summed E-state index contributed by atoms with van der Waals surface area (Å²) in [6.07, 6.45) is 1.74. The van der Waals surface area contributed by atoms with Crippen LogP contribution in [-0.4, -0.2) is 31.9 Å². The lowest BCUT2D eigenvalue weighted by Crippen LogP contribution is -2.28. The molecular weight excluding hydrogens is 404 g/mol. The smallest absolute Gasteiger partial charge is 0.321 e. The second-order valence-electron chi connectivity index (χ2n) is 5.46. The highest BCUT2D eigenvalue weighted by Crippen LogP contribution is 2.38. The first-order valence-electron chi connectivity index (χ1n) is 8.04. The van der Waals surface area contributed by atoms with Crippen molar-refractivity contribution in [2.24, 2.45) is 0 Å². The molecule has 3 aromatic heterocycles. The van der Waals surface area contributed by atoms with Crippen LogP contribution in [0, 0.1) is 0 Å². The average Bonchev–Trinajstić information content (AvgIpc) is 3.27. The van der Waals surface area contributed by atoms with Crippen LogP contribution >= 0.6 is 34.5 Å². The molecule has 0 saturated carbocycles. The summed E-state index contributed by atoms with van der Waals surface area (Å²) in [6, 6.07) is 9.35. The summed E-state index contributed by atoms with van der Waals surface area (Å²) in [6.45, 7) is 2.40. The number of anilines is 1. The molecule has 0 aliphatic heterocycles. The van der Waals surface area contributed by atoms with Gasteiger partial charge in [0, 0.05) is 23.9 Å². The molecule has 2 N–H and O–H groups in total. The van der Waals surface area contributed by atoms with Crippen LogP contribution in [0.4, 0.5) is 9.93 Å². The van der Waals surface area contributed by atoms with Gasteiger partial charge in [-0.2, -0.15) is 4.37 Å². The van der Waals surface area contributed by atoms with E-state index in [1.165, 1.54) is 22.9 Å². The number of benzene rings is 1. The number of amides is 2. The fourth-order valence-electron chi connectivity index (χ4n) is 2.55. The Morgan fingerprint density at radius 2 is 2.15 bits per heavy atom. The van der Waals surface area contributed by atoms with E-state index < -0.39 is 0 Å². The minimum atomic E-state index is -0.285. The highest BCUT2D eigenvalue weighted by molar-refractivity contribution is 7.23. The Hall–Kier alpha value is -2.62. The van der Waals surface area contributed by atoms with Crippen LogP contribution in [0.25, 0.3) is 32.0 Å². The van der Waals surface area contributed by atoms with Crippen molar-refractivity contribution in [2.45, 2.75) is 6.92 Å². The lowest BCUT2D eigenvalue weighted by Gasteiger charge is -2.04. The first-order chi connectivity index (χ1) is 13.1. The van der Waals surface area contributed by atoms with Gasteiger partial charge in [-0.1, -0.05) is 17.4 Å². The standard InChI is InChI=1S/C17H13ClN6OS2/c1-2-19-16(25)23-17-21-12-8-9(14-22-15(18)24-27-14)7-10(13(12)26-17)11-5-3-4-6-20-11/h3-8H,2H2,1H3,(H2,19,21,23,25). The average molecular weight is 417 g/mol. The second-order valence-corrected chi connectivity index (χ2v) is 7.55. The third kappa shape index (κ3) is 3.75. The van der Waals surface area contributed by atoms with Crippen molar-refractivity contribution in [1.82, 2.24) is 24.6 Å². The maximum Gasteiger partial charge on any atom is 0.321 e. The molecule has 0 radical (unpaired) electrons. The number of aromatic nitrogens is 4. The summed E-state index contributed by atoms with van der Waals surface area (Å²) in [4.78, 5) is 25.1. The number of carbonyl (C=O) groups excluding carboxylic acids is 1. The maximum atomic E-state index is 11.8. The highest BCUT2D eigenvalue weighted by Gasteiger charge is 2.16. The molecule has 4 rings (SSSR count). The number of thiazole rings is 1. The Bertz CT molecular complexity index is 1110. The first-order valence-corrected chi connectivity index (χ1v) is 10.0. The number of nitrogens with zero attached hydrogens (tertiary/aromatic N) is 4. The quantitative estimate of drug-likeness (QED) is 0.504. The summed E-state index contributed by atoms with van der Waals surface area (Å²) in [5.41, 5.74) is 3.32. The molecule has 136 valence electrons. The van der Waals surface area contributed by atoms with Crippen LogP contribution in [0.3, 0.4) is 0 Å². The lowest BCUT2D eigenvalue weighted by molar-refractivity contribution is 0.252. The van der Waals surface area contributed by atoms with Gasteiger partial charge >= 0.3 is 6.03 Å². The number of fused-ring (bicyclic) bond motifs is 1. The number of pyridine rings is 1. The minimum Gasteiger partial charge on any atom is -0.338 e. The van der Waals surface area contributed by atoms with E-state index in [0.717, 1.165) is 27.0 Å². The molecule has 2 amide bonds. The molecule has 27 heavy (non-hydrogen) atoms. The van der Waals surface area contributed by atoms with Gasteiger partial charge in [-0.05, 0) is 54.3 Å². The minimum absolute atomic E-state index is 0.214. The number of carbonyl (C=O) groups is 1. The van der Waals surface area contributed by atoms with Crippen molar-refractivity contribution in [3.63, 3.8) is 0 Å². The summed E-state index contributed by atoms with van der Waals surface area (Å²) in [5.74, 6) is 0. The molecule has 0 saturated heterocycles. The maximum absolute atomic E-state index is 11.8. The van der Waals surface area contributed by atoms with Crippen LogP contribution in [-0.2, 0) is 0 Å². The lowest BCUT2D eigenvalue weighted by atomic mass is 10.1. The van der Waals surface area contributed by atoms with Crippen molar-refractivity contribution >= 4 is 55.8 Å². The molecule has 0 fully saturated rings. The van der Waals surface area contributed by atoms with Gasteiger partial charge in [0.1, 0.15) is 5.01 Å². The van der Waals surface area contributed by atoms with Gasteiger partial charge in [0.25, 0.3) is 0 Å². The molecule has 0 atom stereocenters.